The van der Waals surface area contributed by atoms with Crippen LogP contribution in [0.4, 0.5) is 9.93 Å². The third kappa shape index (κ3) is 3.46. The van der Waals surface area contributed by atoms with Crippen molar-refractivity contribution < 1.29 is 14.3 Å². The van der Waals surface area contributed by atoms with Gasteiger partial charge in [-0.3, -0.25) is 10.1 Å². The molecule has 1 aromatic carbocycles. The summed E-state index contributed by atoms with van der Waals surface area (Å²) in [5.41, 5.74) is 1.48. The lowest BCUT2D eigenvalue weighted by atomic mass is 10.1. The molecule has 1 aliphatic heterocycles. The Hall–Kier alpha value is -2.12. The number of halogens is 1. The largest absolute Gasteiger partial charge is 0.453 e. The quantitative estimate of drug-likeness (QED) is 0.902. The second-order valence-corrected chi connectivity index (χ2v) is 6.51. The number of aromatic nitrogens is 1. The van der Waals surface area contributed by atoms with Crippen LogP contribution in [0.5, 0.6) is 0 Å². The first kappa shape index (κ1) is 15.8. The van der Waals surface area contributed by atoms with Crippen LogP contribution in [0.2, 0.25) is 5.02 Å². The fourth-order valence-corrected chi connectivity index (χ4v) is 3.56. The predicted octanol–water partition coefficient (Wildman–Crippen LogP) is 3.17. The number of benzene rings is 1. The first-order valence-corrected chi connectivity index (χ1v) is 8.14. The van der Waals surface area contributed by atoms with Gasteiger partial charge in [0, 0.05) is 28.4 Å². The number of rotatable bonds is 2. The minimum Gasteiger partial charge on any atom is -0.453 e. The normalized spacial score (nSPS) is 13.4. The van der Waals surface area contributed by atoms with Crippen molar-refractivity contribution in [2.75, 3.05) is 19.0 Å². The van der Waals surface area contributed by atoms with E-state index in [1.54, 1.807) is 29.2 Å². The molecule has 0 fully saturated rings. The highest BCUT2D eigenvalue weighted by molar-refractivity contribution is 7.15. The maximum Gasteiger partial charge on any atom is 0.413 e. The monoisotopic (exact) mass is 351 g/mol. The maximum absolute atomic E-state index is 12.6. The third-order valence-corrected chi connectivity index (χ3v) is 4.72. The standard InChI is InChI=1S/C15H14ClN3O3S/c1-22-15(21)18-14-17-11-5-6-19(8-12(11)23-14)13(20)9-3-2-4-10(16)7-9/h2-4,7H,5-6,8H2,1H3,(H,17,18,21). The van der Waals surface area contributed by atoms with E-state index in [9.17, 15) is 9.59 Å². The van der Waals surface area contributed by atoms with Gasteiger partial charge in [0.25, 0.3) is 5.91 Å². The van der Waals surface area contributed by atoms with Gasteiger partial charge in [-0.05, 0) is 18.2 Å². The van der Waals surface area contributed by atoms with Gasteiger partial charge in [-0.15, -0.1) is 0 Å². The van der Waals surface area contributed by atoms with Crippen molar-refractivity contribution in [2.24, 2.45) is 0 Å². The number of nitrogens with one attached hydrogen (secondary N) is 1. The van der Waals surface area contributed by atoms with Crippen LogP contribution in [0, 0.1) is 0 Å². The lowest BCUT2D eigenvalue weighted by molar-refractivity contribution is 0.0736. The molecule has 120 valence electrons. The molecular formula is C15H14ClN3O3S. The number of hydrogen-bond donors (Lipinski definition) is 1. The molecule has 0 unspecified atom stereocenters. The summed E-state index contributed by atoms with van der Waals surface area (Å²) in [5.74, 6) is -0.0611. The summed E-state index contributed by atoms with van der Waals surface area (Å²) in [6.07, 6.45) is 0.101. The van der Waals surface area contributed by atoms with Gasteiger partial charge in [0.1, 0.15) is 0 Å². The van der Waals surface area contributed by atoms with E-state index < -0.39 is 6.09 Å². The maximum atomic E-state index is 12.6. The lowest BCUT2D eigenvalue weighted by Gasteiger charge is -2.26. The van der Waals surface area contributed by atoms with Gasteiger partial charge in [-0.1, -0.05) is 29.0 Å². The van der Waals surface area contributed by atoms with Gasteiger partial charge < -0.3 is 9.64 Å². The first-order chi connectivity index (χ1) is 11.1. The number of carbonyl (C=O) groups is 2. The molecule has 0 bridgehead atoms. The highest BCUT2D eigenvalue weighted by Crippen LogP contribution is 2.29. The van der Waals surface area contributed by atoms with Crippen LogP contribution in [0.3, 0.4) is 0 Å². The summed E-state index contributed by atoms with van der Waals surface area (Å²) in [7, 11) is 1.30. The summed E-state index contributed by atoms with van der Waals surface area (Å²) in [6, 6.07) is 6.91. The lowest BCUT2D eigenvalue weighted by Crippen LogP contribution is -2.35. The Morgan fingerprint density at radius 3 is 3.00 bits per heavy atom. The number of methoxy groups -OCH3 is 1. The molecule has 0 atom stereocenters. The molecule has 8 heteroatoms. The Bertz CT molecular complexity index is 762. The Balaban J connectivity index is 1.75. The van der Waals surface area contributed by atoms with Gasteiger partial charge in [0.05, 0.1) is 19.3 Å². The summed E-state index contributed by atoms with van der Waals surface area (Å²) in [5, 5.41) is 3.58. The van der Waals surface area contributed by atoms with Crippen molar-refractivity contribution in [2.45, 2.75) is 13.0 Å². The fraction of sp³-hybridized carbons (Fsp3) is 0.267. The summed E-state index contributed by atoms with van der Waals surface area (Å²) in [6.45, 7) is 1.06. The van der Waals surface area contributed by atoms with Crippen molar-refractivity contribution in [3.05, 3.63) is 45.4 Å². The van der Waals surface area contributed by atoms with Crippen LogP contribution >= 0.6 is 22.9 Å². The number of fused-ring (bicyclic) bond motifs is 1. The summed E-state index contributed by atoms with van der Waals surface area (Å²) in [4.78, 5) is 30.9. The van der Waals surface area contributed by atoms with Crippen molar-refractivity contribution in [3.63, 3.8) is 0 Å². The SMILES string of the molecule is COC(=O)Nc1nc2c(s1)CN(C(=O)c1cccc(Cl)c1)CC2. The van der Waals surface area contributed by atoms with Gasteiger partial charge in [-0.25, -0.2) is 9.78 Å². The molecular weight excluding hydrogens is 338 g/mol. The molecule has 0 spiro atoms. The number of carbonyl (C=O) groups excluding carboxylic acids is 2. The Morgan fingerprint density at radius 1 is 1.43 bits per heavy atom. The molecule has 0 aliphatic carbocycles. The molecule has 1 aliphatic rings. The van der Waals surface area contributed by atoms with Gasteiger partial charge >= 0.3 is 6.09 Å². The number of thiazole rings is 1. The molecule has 2 aromatic rings. The molecule has 3 rings (SSSR count). The van der Waals surface area contributed by atoms with Crippen molar-refractivity contribution >= 4 is 40.1 Å². The van der Waals surface area contributed by atoms with E-state index in [1.165, 1.54) is 18.4 Å². The predicted molar refractivity (Wildman–Crippen MR) is 88.0 cm³/mol. The topological polar surface area (TPSA) is 71.5 Å². The molecule has 2 amide bonds. The minimum atomic E-state index is -0.553. The number of hydrogen-bond acceptors (Lipinski definition) is 5. The smallest absolute Gasteiger partial charge is 0.413 e. The minimum absolute atomic E-state index is 0.0611. The van der Waals surface area contributed by atoms with E-state index in [-0.39, 0.29) is 5.91 Å². The van der Waals surface area contributed by atoms with Crippen LogP contribution in [0.15, 0.2) is 24.3 Å². The first-order valence-electron chi connectivity index (χ1n) is 6.95. The van der Waals surface area contributed by atoms with E-state index in [0.717, 1.165) is 10.6 Å². The average molecular weight is 352 g/mol. The molecule has 0 saturated heterocycles. The molecule has 0 radical (unpaired) electrons. The zero-order valence-electron chi connectivity index (χ0n) is 12.3. The zero-order chi connectivity index (χ0) is 16.4. The van der Waals surface area contributed by atoms with Crippen molar-refractivity contribution in [3.8, 4) is 0 Å². The fourth-order valence-electron chi connectivity index (χ4n) is 2.36. The Labute approximate surface area is 142 Å². The highest BCUT2D eigenvalue weighted by Gasteiger charge is 2.25. The van der Waals surface area contributed by atoms with Crippen LogP contribution in [0.1, 0.15) is 20.9 Å². The molecule has 6 nitrogen and oxygen atoms in total. The Kier molecular flexibility index (Phi) is 4.49. The van der Waals surface area contributed by atoms with Crippen molar-refractivity contribution in [1.29, 1.82) is 0 Å². The molecule has 0 saturated carbocycles. The van der Waals surface area contributed by atoms with Crippen LogP contribution in [-0.4, -0.2) is 35.5 Å². The van der Waals surface area contributed by atoms with Gasteiger partial charge in [-0.2, -0.15) is 0 Å². The molecule has 1 aromatic heterocycles. The van der Waals surface area contributed by atoms with Gasteiger partial charge in [0.2, 0.25) is 0 Å². The van der Waals surface area contributed by atoms with E-state index in [1.807, 2.05) is 0 Å². The number of amides is 2. The number of anilines is 1. The van der Waals surface area contributed by atoms with E-state index in [2.05, 4.69) is 15.0 Å². The van der Waals surface area contributed by atoms with Crippen LogP contribution < -0.4 is 5.32 Å². The van der Waals surface area contributed by atoms with E-state index >= 15 is 0 Å². The highest BCUT2D eigenvalue weighted by atomic mass is 35.5. The number of nitrogens with zero attached hydrogens (tertiary/aromatic N) is 2. The van der Waals surface area contributed by atoms with Gasteiger partial charge in [0.15, 0.2) is 5.13 Å². The second-order valence-electron chi connectivity index (χ2n) is 4.99. The second kappa shape index (κ2) is 6.55. The van der Waals surface area contributed by atoms with Crippen LogP contribution in [-0.2, 0) is 17.7 Å². The van der Waals surface area contributed by atoms with E-state index in [0.29, 0.717) is 35.2 Å². The average Bonchev–Trinajstić information content (AvgIpc) is 2.95. The summed E-state index contributed by atoms with van der Waals surface area (Å²) >= 11 is 7.30. The molecule has 23 heavy (non-hydrogen) atoms. The molecule has 2 heterocycles. The van der Waals surface area contributed by atoms with Crippen molar-refractivity contribution in [1.82, 2.24) is 9.88 Å². The number of ether oxygens (including phenoxy) is 1. The summed E-state index contributed by atoms with van der Waals surface area (Å²) < 4.78 is 4.55. The third-order valence-electron chi connectivity index (χ3n) is 3.48. The van der Waals surface area contributed by atoms with E-state index in [4.69, 9.17) is 11.6 Å². The zero-order valence-corrected chi connectivity index (χ0v) is 13.9. The van der Waals surface area contributed by atoms with Crippen LogP contribution in [0.25, 0.3) is 0 Å². The Morgan fingerprint density at radius 2 is 2.26 bits per heavy atom. The molecule has 1 N–H and O–H groups in total.